The number of likely N-dealkylation sites (N-methyl/N-ethyl adjacent to an activating group) is 1. The largest absolute Gasteiger partial charge is 0.444 e. The number of fused-ring (bicyclic) bond motifs is 1. The SMILES string of the molecule is CN(C)CCNC(=O)c1cc(C(=O)N=C(N)N)cc(-c2c(Cl)oc3ccccc23)c1.Cl.Cl. The smallest absolute Gasteiger partial charge is 0.280 e. The van der Waals surface area contributed by atoms with Crippen LogP contribution in [0.5, 0.6) is 0 Å². The molecule has 3 rings (SSSR count). The van der Waals surface area contributed by atoms with Crippen molar-refractivity contribution in [2.24, 2.45) is 16.5 Å². The Morgan fingerprint density at radius 1 is 1.09 bits per heavy atom. The Morgan fingerprint density at radius 2 is 1.75 bits per heavy atom. The Kier molecular flexibility index (Phi) is 9.99. The molecule has 172 valence electrons. The van der Waals surface area contributed by atoms with Crippen molar-refractivity contribution in [3.63, 3.8) is 0 Å². The summed E-state index contributed by atoms with van der Waals surface area (Å²) < 4.78 is 5.62. The van der Waals surface area contributed by atoms with Crippen LogP contribution < -0.4 is 16.8 Å². The van der Waals surface area contributed by atoms with Gasteiger partial charge in [0.25, 0.3) is 11.8 Å². The maximum absolute atomic E-state index is 12.7. The van der Waals surface area contributed by atoms with E-state index in [1.807, 2.05) is 37.2 Å². The second-order valence-electron chi connectivity index (χ2n) is 6.95. The lowest BCUT2D eigenvalue weighted by molar-refractivity contribution is 0.0951. The fraction of sp³-hybridized carbons (Fsp3) is 0.190. The van der Waals surface area contributed by atoms with Gasteiger partial charge in [-0.2, -0.15) is 4.99 Å². The monoisotopic (exact) mass is 499 g/mol. The molecular weight excluding hydrogens is 477 g/mol. The minimum atomic E-state index is -0.664. The van der Waals surface area contributed by atoms with Crippen molar-refractivity contribution in [3.05, 3.63) is 58.8 Å². The number of nitrogens with zero attached hydrogens (tertiary/aromatic N) is 2. The van der Waals surface area contributed by atoms with Crippen LogP contribution in [0, 0.1) is 0 Å². The second-order valence-corrected chi connectivity index (χ2v) is 7.29. The molecule has 5 N–H and O–H groups in total. The van der Waals surface area contributed by atoms with E-state index < -0.39 is 5.91 Å². The highest BCUT2D eigenvalue weighted by molar-refractivity contribution is 6.33. The molecule has 0 bridgehead atoms. The lowest BCUT2D eigenvalue weighted by Gasteiger charge is -2.12. The number of nitrogens with one attached hydrogen (secondary N) is 1. The maximum atomic E-state index is 12.7. The van der Waals surface area contributed by atoms with E-state index in [-0.39, 0.29) is 53.0 Å². The minimum Gasteiger partial charge on any atom is -0.444 e. The number of nitrogens with two attached hydrogens (primary N) is 2. The Morgan fingerprint density at radius 3 is 2.41 bits per heavy atom. The van der Waals surface area contributed by atoms with Crippen LogP contribution in [-0.4, -0.2) is 49.9 Å². The first-order valence-corrected chi connectivity index (χ1v) is 9.53. The lowest BCUT2D eigenvalue weighted by Crippen LogP contribution is -2.31. The maximum Gasteiger partial charge on any atom is 0.280 e. The Labute approximate surface area is 202 Å². The first kappa shape index (κ1) is 27.3. The minimum absolute atomic E-state index is 0. The van der Waals surface area contributed by atoms with Gasteiger partial charge >= 0.3 is 0 Å². The topological polar surface area (TPSA) is 127 Å². The molecule has 0 unspecified atom stereocenters. The molecule has 2 amide bonds. The number of carbonyl (C=O) groups excluding carboxylic acids is 2. The third-order valence-corrected chi connectivity index (χ3v) is 4.62. The van der Waals surface area contributed by atoms with Gasteiger partial charge < -0.3 is 26.1 Å². The molecule has 0 saturated heterocycles. The van der Waals surface area contributed by atoms with E-state index in [0.717, 1.165) is 5.39 Å². The summed E-state index contributed by atoms with van der Waals surface area (Å²) in [5, 5.41) is 3.74. The highest BCUT2D eigenvalue weighted by atomic mass is 35.5. The van der Waals surface area contributed by atoms with Gasteiger partial charge in [-0.25, -0.2) is 0 Å². The van der Waals surface area contributed by atoms with Crippen molar-refractivity contribution in [1.82, 2.24) is 10.2 Å². The van der Waals surface area contributed by atoms with Crippen LogP contribution in [0.15, 0.2) is 51.9 Å². The van der Waals surface area contributed by atoms with Crippen LogP contribution in [0.2, 0.25) is 5.22 Å². The fourth-order valence-electron chi connectivity index (χ4n) is 2.99. The van der Waals surface area contributed by atoms with Gasteiger partial charge in [-0.15, -0.1) is 24.8 Å². The number of para-hydroxylation sites is 1. The number of hydrogen-bond acceptors (Lipinski definition) is 4. The molecule has 8 nitrogen and oxygen atoms in total. The van der Waals surface area contributed by atoms with Crippen molar-refractivity contribution in [2.45, 2.75) is 0 Å². The highest BCUT2D eigenvalue weighted by Crippen LogP contribution is 2.38. The number of rotatable bonds is 6. The third-order valence-electron chi connectivity index (χ3n) is 4.36. The Balaban J connectivity index is 0.00000256. The number of guanidine groups is 1. The molecule has 0 radical (unpaired) electrons. The van der Waals surface area contributed by atoms with E-state index in [2.05, 4.69) is 10.3 Å². The molecule has 0 fully saturated rings. The van der Waals surface area contributed by atoms with Crippen molar-refractivity contribution < 1.29 is 14.0 Å². The summed E-state index contributed by atoms with van der Waals surface area (Å²) in [5.41, 5.74) is 12.8. The van der Waals surface area contributed by atoms with Gasteiger partial charge in [-0.05, 0) is 55.5 Å². The first-order valence-electron chi connectivity index (χ1n) is 9.15. The quantitative estimate of drug-likeness (QED) is 0.352. The van der Waals surface area contributed by atoms with E-state index in [1.54, 1.807) is 18.2 Å². The molecule has 0 aliphatic carbocycles. The number of furan rings is 1. The number of hydrogen-bond donors (Lipinski definition) is 3. The summed E-state index contributed by atoms with van der Waals surface area (Å²) in [6.45, 7) is 1.12. The molecule has 11 heteroatoms. The van der Waals surface area contributed by atoms with Gasteiger partial charge in [-0.1, -0.05) is 18.2 Å². The van der Waals surface area contributed by atoms with E-state index in [9.17, 15) is 9.59 Å². The van der Waals surface area contributed by atoms with Gasteiger partial charge in [-0.3, -0.25) is 9.59 Å². The van der Waals surface area contributed by atoms with Crippen LogP contribution in [-0.2, 0) is 0 Å². The predicted molar refractivity (Wildman–Crippen MR) is 132 cm³/mol. The molecule has 3 aromatic rings. The number of carbonyl (C=O) groups is 2. The van der Waals surface area contributed by atoms with Crippen LogP contribution >= 0.6 is 36.4 Å². The van der Waals surface area contributed by atoms with Gasteiger partial charge in [0.05, 0.1) is 0 Å². The van der Waals surface area contributed by atoms with E-state index in [4.69, 9.17) is 27.5 Å². The van der Waals surface area contributed by atoms with E-state index in [1.165, 1.54) is 6.07 Å². The fourth-order valence-corrected chi connectivity index (χ4v) is 3.28. The number of benzene rings is 2. The second kappa shape index (κ2) is 11.7. The van der Waals surface area contributed by atoms with Gasteiger partial charge in [0.2, 0.25) is 5.22 Å². The molecule has 1 heterocycles. The molecule has 0 saturated carbocycles. The van der Waals surface area contributed by atoms with Crippen molar-refractivity contribution in [1.29, 1.82) is 0 Å². The molecular formula is C21H24Cl3N5O3. The Hall–Kier alpha value is -2.78. The van der Waals surface area contributed by atoms with Crippen LogP contribution in [0.4, 0.5) is 0 Å². The normalized spacial score (nSPS) is 10.2. The molecule has 0 aliphatic heterocycles. The predicted octanol–water partition coefficient (Wildman–Crippen LogP) is 3.30. The first-order chi connectivity index (χ1) is 14.3. The van der Waals surface area contributed by atoms with Crippen molar-refractivity contribution in [3.8, 4) is 11.1 Å². The zero-order valence-corrected chi connectivity index (χ0v) is 19.8. The van der Waals surface area contributed by atoms with Crippen LogP contribution in [0.25, 0.3) is 22.1 Å². The zero-order chi connectivity index (χ0) is 21.8. The van der Waals surface area contributed by atoms with Crippen LogP contribution in [0.1, 0.15) is 20.7 Å². The van der Waals surface area contributed by atoms with Gasteiger partial charge in [0.1, 0.15) is 5.58 Å². The molecule has 0 atom stereocenters. The third kappa shape index (κ3) is 6.37. The summed E-state index contributed by atoms with van der Waals surface area (Å²) in [6, 6.07) is 12.0. The average Bonchev–Trinajstić information content (AvgIpc) is 3.02. The molecule has 2 aromatic carbocycles. The molecule has 1 aromatic heterocycles. The van der Waals surface area contributed by atoms with Gasteiger partial charge in [0.15, 0.2) is 5.96 Å². The van der Waals surface area contributed by atoms with Crippen molar-refractivity contribution >= 4 is 65.2 Å². The summed E-state index contributed by atoms with van der Waals surface area (Å²) in [5.74, 6) is -1.36. The molecule has 0 aliphatic rings. The van der Waals surface area contributed by atoms with E-state index in [0.29, 0.717) is 29.8 Å². The lowest BCUT2D eigenvalue weighted by atomic mass is 9.98. The summed E-state index contributed by atoms with van der Waals surface area (Å²) in [6.07, 6.45) is 0. The molecule has 32 heavy (non-hydrogen) atoms. The Bertz CT molecular complexity index is 1140. The number of halogens is 3. The summed E-state index contributed by atoms with van der Waals surface area (Å²) in [4.78, 5) is 30.7. The van der Waals surface area contributed by atoms with Crippen LogP contribution in [0.3, 0.4) is 0 Å². The standard InChI is InChI=1S/C21H22ClN5O3.2ClH/c1-27(2)8-7-25-19(28)13-9-12(10-14(11-13)20(29)26-21(23)24)17-15-5-3-4-6-16(15)30-18(17)22;;/h3-6,9-11H,7-8H2,1-2H3,(H,25,28)(H4,23,24,26,29);2*1H. The number of amides is 2. The van der Waals surface area contributed by atoms with Crippen molar-refractivity contribution in [2.75, 3.05) is 27.2 Å². The van der Waals surface area contributed by atoms with Gasteiger partial charge in [0, 0.05) is 35.2 Å². The zero-order valence-electron chi connectivity index (χ0n) is 17.4. The highest BCUT2D eigenvalue weighted by Gasteiger charge is 2.19. The average molecular weight is 501 g/mol. The molecule has 0 spiro atoms. The summed E-state index contributed by atoms with van der Waals surface area (Å²) in [7, 11) is 3.82. The number of aliphatic imine (C=N–C) groups is 1. The van der Waals surface area contributed by atoms with E-state index >= 15 is 0 Å². The summed E-state index contributed by atoms with van der Waals surface area (Å²) >= 11 is 6.34.